The molecule has 5 nitrogen and oxygen atoms in total. The largest absolute Gasteiger partial charge is 0.750 e. The maximum absolute atomic E-state index is 9.97. The van der Waals surface area contributed by atoms with Gasteiger partial charge in [0.2, 0.25) is 6.29 Å². The summed E-state index contributed by atoms with van der Waals surface area (Å²) < 4.78 is 24.0. The van der Waals surface area contributed by atoms with E-state index in [-0.39, 0.29) is 5.69 Å². The third-order valence-electron chi connectivity index (χ3n) is 1.11. The predicted octanol–water partition coefficient (Wildman–Crippen LogP) is -0.117. The van der Waals surface area contributed by atoms with Crippen molar-refractivity contribution in [2.45, 2.75) is 6.29 Å². The molecule has 0 bridgehead atoms. The van der Waals surface area contributed by atoms with E-state index in [4.69, 9.17) is 5.11 Å². The fraction of sp³-hybridized carbons (Fsp3) is 0.167. The van der Waals surface area contributed by atoms with Crippen molar-refractivity contribution in [1.29, 1.82) is 0 Å². The highest BCUT2D eigenvalue weighted by Crippen LogP contribution is 2.10. The Hall–Kier alpha value is -0.820. The lowest BCUT2D eigenvalue weighted by Crippen LogP contribution is -2.06. The first-order valence-electron chi connectivity index (χ1n) is 3.05. The van der Waals surface area contributed by atoms with Gasteiger partial charge in [-0.25, -0.2) is 4.21 Å². The van der Waals surface area contributed by atoms with Gasteiger partial charge in [0.25, 0.3) is 0 Å². The van der Waals surface area contributed by atoms with Gasteiger partial charge >= 0.3 is 0 Å². The minimum Gasteiger partial charge on any atom is -0.750 e. The third kappa shape index (κ3) is 2.67. The van der Waals surface area contributed by atoms with E-state index in [2.05, 4.69) is 9.17 Å². The molecule has 0 amide bonds. The van der Waals surface area contributed by atoms with Gasteiger partial charge in [0, 0.05) is 6.20 Å². The highest BCUT2D eigenvalue weighted by molar-refractivity contribution is 7.74. The molecule has 0 aliphatic rings. The fourth-order valence-electron chi connectivity index (χ4n) is 0.646. The van der Waals surface area contributed by atoms with Crippen LogP contribution < -0.4 is 0 Å². The molecule has 1 aromatic rings. The average molecular weight is 188 g/mol. The molecular weight excluding hydrogens is 182 g/mol. The summed E-state index contributed by atoms with van der Waals surface area (Å²) in [6.45, 7) is 0. The molecule has 66 valence electrons. The van der Waals surface area contributed by atoms with Crippen molar-refractivity contribution in [1.82, 2.24) is 4.98 Å². The SMILES string of the molecule is O=S([O-])OC(O)c1ccccn1. The molecule has 0 saturated heterocycles. The Morgan fingerprint density at radius 1 is 1.67 bits per heavy atom. The average Bonchev–Trinajstić information content (AvgIpc) is 2.05. The van der Waals surface area contributed by atoms with Crippen molar-refractivity contribution < 1.29 is 18.1 Å². The van der Waals surface area contributed by atoms with Crippen LogP contribution in [0.15, 0.2) is 24.4 Å². The first-order chi connectivity index (χ1) is 5.70. The molecule has 2 unspecified atom stereocenters. The van der Waals surface area contributed by atoms with E-state index in [1.807, 2.05) is 0 Å². The fourth-order valence-corrected chi connectivity index (χ4v) is 0.893. The van der Waals surface area contributed by atoms with Crippen LogP contribution in [0.5, 0.6) is 0 Å². The standard InChI is InChI=1S/C6H7NO4S/c8-6(11-12(9)10)5-3-1-2-4-7-5/h1-4,6,8H,(H,9,10)/p-1. The topological polar surface area (TPSA) is 82.5 Å². The summed E-state index contributed by atoms with van der Waals surface area (Å²) >= 11 is -2.74. The molecule has 1 heterocycles. The number of aromatic nitrogens is 1. The molecule has 1 aromatic heterocycles. The molecule has 0 aliphatic carbocycles. The van der Waals surface area contributed by atoms with Crippen LogP contribution in [0.2, 0.25) is 0 Å². The number of hydrogen-bond donors (Lipinski definition) is 1. The highest BCUT2D eigenvalue weighted by atomic mass is 32.2. The maximum Gasteiger partial charge on any atom is 0.213 e. The van der Waals surface area contributed by atoms with Gasteiger partial charge in [-0.3, -0.25) is 9.17 Å². The van der Waals surface area contributed by atoms with Crippen LogP contribution in [0.1, 0.15) is 12.0 Å². The molecule has 0 aliphatic heterocycles. The second-order valence-corrected chi connectivity index (χ2v) is 2.51. The highest BCUT2D eigenvalue weighted by Gasteiger charge is 2.07. The van der Waals surface area contributed by atoms with Crippen LogP contribution in [0.25, 0.3) is 0 Å². The van der Waals surface area contributed by atoms with Gasteiger partial charge in [-0.05, 0) is 12.1 Å². The van der Waals surface area contributed by atoms with Crippen molar-refractivity contribution in [2.75, 3.05) is 0 Å². The molecule has 1 rings (SSSR count). The number of hydrogen-bond acceptors (Lipinski definition) is 5. The maximum atomic E-state index is 9.97. The van der Waals surface area contributed by atoms with Crippen molar-refractivity contribution in [3.05, 3.63) is 30.1 Å². The van der Waals surface area contributed by atoms with Gasteiger partial charge in [0.15, 0.2) is 0 Å². The molecule has 0 saturated carbocycles. The summed E-state index contributed by atoms with van der Waals surface area (Å²) in [7, 11) is 0. The van der Waals surface area contributed by atoms with Crippen LogP contribution in [0, 0.1) is 0 Å². The first-order valence-corrected chi connectivity index (χ1v) is 4.05. The van der Waals surface area contributed by atoms with Crippen LogP contribution in [-0.2, 0) is 15.5 Å². The molecule has 0 aromatic carbocycles. The van der Waals surface area contributed by atoms with Crippen molar-refractivity contribution in [3.8, 4) is 0 Å². The van der Waals surface area contributed by atoms with Gasteiger partial charge in [0.1, 0.15) is 0 Å². The minimum atomic E-state index is -2.74. The van der Waals surface area contributed by atoms with Gasteiger partial charge in [-0.2, -0.15) is 0 Å². The van der Waals surface area contributed by atoms with E-state index < -0.39 is 17.7 Å². The first kappa shape index (κ1) is 9.27. The summed E-state index contributed by atoms with van der Waals surface area (Å²) in [6, 6.07) is 4.71. The van der Waals surface area contributed by atoms with E-state index >= 15 is 0 Å². The van der Waals surface area contributed by atoms with E-state index in [1.54, 1.807) is 12.1 Å². The van der Waals surface area contributed by atoms with Gasteiger partial charge in [-0.15, -0.1) is 0 Å². The quantitative estimate of drug-likeness (QED) is 0.528. The number of aliphatic hydroxyl groups excluding tert-OH is 1. The van der Waals surface area contributed by atoms with Gasteiger partial charge in [0.05, 0.1) is 17.1 Å². The lowest BCUT2D eigenvalue weighted by molar-refractivity contribution is -0.0191. The molecule has 2 atom stereocenters. The molecule has 0 spiro atoms. The Morgan fingerprint density at radius 2 is 2.42 bits per heavy atom. The molecule has 1 N–H and O–H groups in total. The van der Waals surface area contributed by atoms with Crippen molar-refractivity contribution in [2.24, 2.45) is 0 Å². The van der Waals surface area contributed by atoms with Crippen LogP contribution in [-0.4, -0.2) is 18.9 Å². The summed E-state index contributed by atoms with van der Waals surface area (Å²) in [5.74, 6) is 0. The van der Waals surface area contributed by atoms with Crippen molar-refractivity contribution >= 4 is 11.4 Å². The Labute approximate surface area is 71.5 Å². The Morgan fingerprint density at radius 3 is 2.92 bits per heavy atom. The monoisotopic (exact) mass is 188 g/mol. The normalized spacial score (nSPS) is 15.5. The van der Waals surface area contributed by atoms with Crippen LogP contribution in [0.3, 0.4) is 0 Å². The zero-order chi connectivity index (χ0) is 8.97. The number of rotatable bonds is 3. The second kappa shape index (κ2) is 4.27. The third-order valence-corrected chi connectivity index (χ3v) is 1.45. The van der Waals surface area contributed by atoms with E-state index in [0.29, 0.717) is 0 Å². The lowest BCUT2D eigenvalue weighted by Gasteiger charge is -2.11. The Balaban J connectivity index is 2.65. The summed E-state index contributed by atoms with van der Waals surface area (Å²) in [5, 5.41) is 9.01. The minimum absolute atomic E-state index is 0.154. The van der Waals surface area contributed by atoms with Gasteiger partial charge < -0.3 is 9.66 Å². The molecule has 0 radical (unpaired) electrons. The Bertz CT molecular complexity index is 266. The predicted molar refractivity (Wildman–Crippen MR) is 39.2 cm³/mol. The zero-order valence-corrected chi connectivity index (χ0v) is 6.73. The Kier molecular flexibility index (Phi) is 3.30. The van der Waals surface area contributed by atoms with Gasteiger partial charge in [-0.1, -0.05) is 6.07 Å². The van der Waals surface area contributed by atoms with Crippen LogP contribution in [0.4, 0.5) is 0 Å². The molecule has 12 heavy (non-hydrogen) atoms. The number of aliphatic hydroxyl groups is 1. The number of pyridine rings is 1. The lowest BCUT2D eigenvalue weighted by atomic mass is 10.3. The summed E-state index contributed by atoms with van der Waals surface area (Å²) in [6.07, 6.45) is -0.0974. The number of nitrogens with zero attached hydrogens (tertiary/aromatic N) is 1. The molecule has 0 fully saturated rings. The van der Waals surface area contributed by atoms with E-state index in [0.717, 1.165) is 0 Å². The summed E-state index contributed by atoms with van der Waals surface area (Å²) in [4.78, 5) is 3.68. The summed E-state index contributed by atoms with van der Waals surface area (Å²) in [5.41, 5.74) is 0.154. The van der Waals surface area contributed by atoms with E-state index in [9.17, 15) is 8.76 Å². The van der Waals surface area contributed by atoms with Crippen molar-refractivity contribution in [3.63, 3.8) is 0 Å². The van der Waals surface area contributed by atoms with E-state index in [1.165, 1.54) is 12.3 Å². The molecular formula is C6H6NO4S-. The smallest absolute Gasteiger partial charge is 0.213 e. The zero-order valence-electron chi connectivity index (χ0n) is 5.91. The molecule has 6 heteroatoms. The van der Waals surface area contributed by atoms with Crippen LogP contribution >= 0.6 is 0 Å². The second-order valence-electron chi connectivity index (χ2n) is 1.91.